The van der Waals surface area contributed by atoms with Gasteiger partial charge < -0.3 is 15.1 Å². The molecule has 0 aliphatic carbocycles. The topological polar surface area (TPSA) is 31.4 Å². The third-order valence-electron chi connectivity index (χ3n) is 5.29. The summed E-state index contributed by atoms with van der Waals surface area (Å²) in [6, 6.07) is 1.48. The molecular weight excluding hydrogens is 268 g/mol. The zero-order valence-corrected chi connectivity index (χ0v) is 12.8. The number of nitrogens with one attached hydrogen (secondary N) is 1. The van der Waals surface area contributed by atoms with Gasteiger partial charge in [0.05, 0.1) is 0 Å². The number of piperidine rings is 4. The molecule has 5 heteroatoms. The monoisotopic (exact) mass is 292 g/mol. The van der Waals surface area contributed by atoms with Gasteiger partial charge in [0.2, 0.25) is 0 Å². The third-order valence-corrected chi connectivity index (χ3v) is 6.12. The molecule has 4 saturated heterocycles. The number of nitrogens with zero attached hydrogens (tertiary/aromatic N) is 3. The highest BCUT2D eigenvalue weighted by Crippen LogP contribution is 2.29. The Kier molecular flexibility index (Phi) is 3.67. The van der Waals surface area contributed by atoms with E-state index in [4.69, 9.17) is 0 Å². The standard InChI is InChI=1S/C15H24N4S/c1-6-18-7-2-12(1)14(11-18)17-13-3-8-19(9-4-13)15-16-5-10-20-15/h5,10,12-14,17H,1-4,6-9,11H2. The van der Waals surface area contributed by atoms with Gasteiger partial charge in [-0.15, -0.1) is 11.3 Å². The molecule has 4 nitrogen and oxygen atoms in total. The molecule has 5 rings (SSSR count). The summed E-state index contributed by atoms with van der Waals surface area (Å²) in [5.74, 6) is 0.942. The normalized spacial score (nSPS) is 34.6. The van der Waals surface area contributed by atoms with Crippen LogP contribution in [0.4, 0.5) is 5.13 Å². The lowest BCUT2D eigenvalue weighted by Crippen LogP contribution is -2.59. The fraction of sp³-hybridized carbons (Fsp3) is 0.800. The van der Waals surface area contributed by atoms with Gasteiger partial charge in [-0.2, -0.15) is 0 Å². The summed E-state index contributed by atoms with van der Waals surface area (Å²) in [4.78, 5) is 9.51. The Balaban J connectivity index is 1.29. The van der Waals surface area contributed by atoms with E-state index in [0.29, 0.717) is 0 Å². The van der Waals surface area contributed by atoms with Crippen LogP contribution in [-0.4, -0.2) is 54.7 Å². The van der Waals surface area contributed by atoms with E-state index in [1.54, 1.807) is 11.3 Å². The molecule has 5 heterocycles. The first-order chi connectivity index (χ1) is 9.88. The molecule has 0 spiro atoms. The van der Waals surface area contributed by atoms with Gasteiger partial charge in [-0.25, -0.2) is 4.98 Å². The average Bonchev–Trinajstić information content (AvgIpc) is 3.04. The number of thiazole rings is 1. The van der Waals surface area contributed by atoms with Gasteiger partial charge in [0.25, 0.3) is 0 Å². The molecule has 0 aromatic carbocycles. The zero-order valence-electron chi connectivity index (χ0n) is 12.0. The number of rotatable bonds is 3. The second-order valence-electron chi connectivity index (χ2n) is 6.49. The first-order valence-corrected chi connectivity index (χ1v) is 8.89. The fourth-order valence-corrected chi connectivity index (χ4v) is 4.76. The van der Waals surface area contributed by atoms with E-state index >= 15 is 0 Å². The maximum atomic E-state index is 4.43. The molecule has 110 valence electrons. The molecule has 4 aliphatic heterocycles. The van der Waals surface area contributed by atoms with Crippen molar-refractivity contribution in [2.75, 3.05) is 37.6 Å². The van der Waals surface area contributed by atoms with Crippen LogP contribution in [0.25, 0.3) is 0 Å². The number of fused-ring (bicyclic) bond motifs is 3. The van der Waals surface area contributed by atoms with Crippen molar-refractivity contribution in [1.82, 2.24) is 15.2 Å². The van der Waals surface area contributed by atoms with Crippen molar-refractivity contribution in [3.63, 3.8) is 0 Å². The Hall–Kier alpha value is -0.650. The maximum Gasteiger partial charge on any atom is 0.185 e. The van der Waals surface area contributed by atoms with E-state index in [1.807, 2.05) is 6.20 Å². The minimum absolute atomic E-state index is 0.719. The number of hydrogen-bond acceptors (Lipinski definition) is 5. The predicted molar refractivity (Wildman–Crippen MR) is 83.4 cm³/mol. The van der Waals surface area contributed by atoms with Gasteiger partial charge in [-0.1, -0.05) is 0 Å². The quantitative estimate of drug-likeness (QED) is 0.920. The molecule has 4 fully saturated rings. The zero-order chi connectivity index (χ0) is 13.4. The van der Waals surface area contributed by atoms with Crippen LogP contribution in [0, 0.1) is 5.92 Å². The third kappa shape index (κ3) is 2.59. The average molecular weight is 292 g/mol. The van der Waals surface area contributed by atoms with Gasteiger partial charge in [0.15, 0.2) is 5.13 Å². The minimum atomic E-state index is 0.719. The molecule has 0 amide bonds. The van der Waals surface area contributed by atoms with Crippen molar-refractivity contribution in [2.45, 2.75) is 37.8 Å². The van der Waals surface area contributed by atoms with Crippen molar-refractivity contribution in [3.8, 4) is 0 Å². The van der Waals surface area contributed by atoms with E-state index in [0.717, 1.165) is 31.1 Å². The Morgan fingerprint density at radius 1 is 1.10 bits per heavy atom. The predicted octanol–water partition coefficient (Wildman–Crippen LogP) is 1.80. The van der Waals surface area contributed by atoms with Crippen LogP contribution in [0.2, 0.25) is 0 Å². The lowest BCUT2D eigenvalue weighted by Gasteiger charge is -2.47. The van der Waals surface area contributed by atoms with Gasteiger partial charge in [-0.05, 0) is 44.7 Å². The minimum Gasteiger partial charge on any atom is -0.348 e. The fourth-order valence-electron chi connectivity index (χ4n) is 4.07. The van der Waals surface area contributed by atoms with Crippen LogP contribution >= 0.6 is 11.3 Å². The molecule has 1 atom stereocenters. The number of aromatic nitrogens is 1. The van der Waals surface area contributed by atoms with E-state index < -0.39 is 0 Å². The van der Waals surface area contributed by atoms with Gasteiger partial charge in [-0.3, -0.25) is 0 Å². The van der Waals surface area contributed by atoms with Crippen molar-refractivity contribution in [1.29, 1.82) is 0 Å². The van der Waals surface area contributed by atoms with Crippen molar-refractivity contribution in [3.05, 3.63) is 11.6 Å². The van der Waals surface area contributed by atoms with Crippen molar-refractivity contribution in [2.24, 2.45) is 5.92 Å². The molecule has 2 bridgehead atoms. The van der Waals surface area contributed by atoms with Crippen LogP contribution in [-0.2, 0) is 0 Å². The summed E-state index contributed by atoms with van der Waals surface area (Å²) < 4.78 is 0. The summed E-state index contributed by atoms with van der Waals surface area (Å²) in [6.07, 6.45) is 7.27. The molecule has 0 radical (unpaired) electrons. The molecule has 1 unspecified atom stereocenters. The summed E-state index contributed by atoms with van der Waals surface area (Å²) in [6.45, 7) is 6.28. The second kappa shape index (κ2) is 5.62. The van der Waals surface area contributed by atoms with E-state index in [2.05, 4.69) is 25.5 Å². The molecular formula is C15H24N4S. The van der Waals surface area contributed by atoms with E-state index in [-0.39, 0.29) is 0 Å². The van der Waals surface area contributed by atoms with Crippen molar-refractivity contribution >= 4 is 16.5 Å². The summed E-state index contributed by atoms with van der Waals surface area (Å²) in [5, 5.41) is 7.25. The molecule has 1 aromatic heterocycles. The second-order valence-corrected chi connectivity index (χ2v) is 7.36. The molecule has 1 aromatic rings. The number of hydrogen-bond donors (Lipinski definition) is 1. The van der Waals surface area contributed by atoms with Crippen LogP contribution in [0.1, 0.15) is 25.7 Å². The molecule has 0 saturated carbocycles. The van der Waals surface area contributed by atoms with Crippen LogP contribution < -0.4 is 10.2 Å². The van der Waals surface area contributed by atoms with E-state index in [1.165, 1.54) is 50.4 Å². The van der Waals surface area contributed by atoms with E-state index in [9.17, 15) is 0 Å². The Bertz CT molecular complexity index is 419. The first kappa shape index (κ1) is 13.0. The van der Waals surface area contributed by atoms with Crippen molar-refractivity contribution < 1.29 is 0 Å². The highest BCUT2D eigenvalue weighted by molar-refractivity contribution is 7.13. The highest BCUT2D eigenvalue weighted by atomic mass is 32.1. The maximum absolute atomic E-state index is 4.43. The lowest BCUT2D eigenvalue weighted by atomic mass is 9.83. The van der Waals surface area contributed by atoms with Crippen LogP contribution in [0.15, 0.2) is 11.6 Å². The highest BCUT2D eigenvalue weighted by Gasteiger charge is 2.35. The van der Waals surface area contributed by atoms with Crippen LogP contribution in [0.3, 0.4) is 0 Å². The van der Waals surface area contributed by atoms with Crippen LogP contribution in [0.5, 0.6) is 0 Å². The van der Waals surface area contributed by atoms with Gasteiger partial charge >= 0.3 is 0 Å². The largest absolute Gasteiger partial charge is 0.348 e. The number of anilines is 1. The SMILES string of the molecule is c1csc(N2CCC(NC3CN4CCC3CC4)CC2)n1. The Morgan fingerprint density at radius 3 is 2.50 bits per heavy atom. The first-order valence-electron chi connectivity index (χ1n) is 8.01. The molecule has 4 aliphatic rings. The summed E-state index contributed by atoms with van der Waals surface area (Å²) in [7, 11) is 0. The lowest BCUT2D eigenvalue weighted by molar-refractivity contribution is 0.0652. The molecule has 1 N–H and O–H groups in total. The summed E-state index contributed by atoms with van der Waals surface area (Å²) >= 11 is 1.76. The Labute approximate surface area is 125 Å². The Morgan fingerprint density at radius 2 is 1.90 bits per heavy atom. The smallest absolute Gasteiger partial charge is 0.185 e. The van der Waals surface area contributed by atoms with Gasteiger partial charge in [0.1, 0.15) is 0 Å². The molecule has 20 heavy (non-hydrogen) atoms. The summed E-state index contributed by atoms with van der Waals surface area (Å²) in [5.41, 5.74) is 0. The van der Waals surface area contributed by atoms with Gasteiger partial charge in [0, 0.05) is 43.3 Å².